The molecular formula is C14H30N2. The Morgan fingerprint density at radius 1 is 1.31 bits per heavy atom. The molecule has 0 heterocycles. The van der Waals surface area contributed by atoms with E-state index in [1.54, 1.807) is 0 Å². The van der Waals surface area contributed by atoms with E-state index >= 15 is 0 Å². The Morgan fingerprint density at radius 3 is 2.31 bits per heavy atom. The largest absolute Gasteiger partial charge is 0.315 e. The fourth-order valence-electron chi connectivity index (χ4n) is 2.03. The van der Waals surface area contributed by atoms with Crippen LogP contribution in [0.2, 0.25) is 0 Å². The zero-order valence-corrected chi connectivity index (χ0v) is 11.8. The van der Waals surface area contributed by atoms with E-state index in [1.165, 1.54) is 12.8 Å². The normalized spacial score (nSPS) is 14.1. The standard InChI is InChI=1S/C14H30N2/c1-7-10-15-12-13(9-3)16(11-8-2)14(4,5)6/h8,13,15H,2,7,9-12H2,1,3-6H3. The van der Waals surface area contributed by atoms with Gasteiger partial charge in [-0.15, -0.1) is 6.58 Å². The summed E-state index contributed by atoms with van der Waals surface area (Å²) in [6.45, 7) is 18.3. The van der Waals surface area contributed by atoms with Crippen LogP contribution in [0.1, 0.15) is 47.5 Å². The lowest BCUT2D eigenvalue weighted by Crippen LogP contribution is -2.51. The predicted octanol–water partition coefficient (Wildman–Crippen LogP) is 3.05. The highest BCUT2D eigenvalue weighted by molar-refractivity contribution is 4.88. The highest BCUT2D eigenvalue weighted by atomic mass is 15.2. The van der Waals surface area contributed by atoms with Crippen molar-refractivity contribution < 1.29 is 0 Å². The molecule has 0 aliphatic carbocycles. The van der Waals surface area contributed by atoms with Gasteiger partial charge < -0.3 is 5.32 Å². The average Bonchev–Trinajstić information content (AvgIpc) is 2.20. The van der Waals surface area contributed by atoms with E-state index in [0.717, 1.165) is 19.6 Å². The molecule has 0 aromatic rings. The van der Waals surface area contributed by atoms with Crippen molar-refractivity contribution in [3.05, 3.63) is 12.7 Å². The second-order valence-corrected chi connectivity index (χ2v) is 5.38. The summed E-state index contributed by atoms with van der Waals surface area (Å²) in [5.41, 5.74) is 0.211. The van der Waals surface area contributed by atoms with Crippen LogP contribution in [-0.4, -0.2) is 36.1 Å². The molecule has 0 bridgehead atoms. The molecule has 0 rings (SSSR count). The summed E-state index contributed by atoms with van der Waals surface area (Å²) in [6, 6.07) is 0.601. The maximum atomic E-state index is 3.87. The van der Waals surface area contributed by atoms with Crippen molar-refractivity contribution in [2.45, 2.75) is 59.0 Å². The molecule has 1 N–H and O–H groups in total. The van der Waals surface area contributed by atoms with Gasteiger partial charge >= 0.3 is 0 Å². The Kier molecular flexibility index (Phi) is 7.69. The molecular weight excluding hydrogens is 196 g/mol. The van der Waals surface area contributed by atoms with E-state index in [2.05, 4.69) is 51.4 Å². The number of hydrogen-bond acceptors (Lipinski definition) is 2. The SMILES string of the molecule is C=CCN(C(CC)CNCCC)C(C)(C)C. The van der Waals surface area contributed by atoms with Gasteiger partial charge in [0.1, 0.15) is 0 Å². The van der Waals surface area contributed by atoms with Crippen LogP contribution in [0.5, 0.6) is 0 Å². The van der Waals surface area contributed by atoms with Crippen molar-refractivity contribution in [2.75, 3.05) is 19.6 Å². The minimum atomic E-state index is 0.211. The molecule has 2 nitrogen and oxygen atoms in total. The monoisotopic (exact) mass is 226 g/mol. The molecule has 0 amide bonds. The van der Waals surface area contributed by atoms with Crippen molar-refractivity contribution in [2.24, 2.45) is 0 Å². The fraction of sp³-hybridized carbons (Fsp3) is 0.857. The molecule has 1 unspecified atom stereocenters. The fourth-order valence-corrected chi connectivity index (χ4v) is 2.03. The average molecular weight is 226 g/mol. The lowest BCUT2D eigenvalue weighted by atomic mass is 10.0. The Hall–Kier alpha value is -0.340. The Balaban J connectivity index is 4.39. The summed E-state index contributed by atoms with van der Waals surface area (Å²) in [5.74, 6) is 0. The van der Waals surface area contributed by atoms with Gasteiger partial charge in [0, 0.05) is 24.7 Å². The van der Waals surface area contributed by atoms with E-state index in [9.17, 15) is 0 Å². The number of hydrogen-bond donors (Lipinski definition) is 1. The highest BCUT2D eigenvalue weighted by Crippen LogP contribution is 2.18. The van der Waals surface area contributed by atoms with E-state index in [1.807, 2.05) is 6.08 Å². The summed E-state index contributed by atoms with van der Waals surface area (Å²) in [4.78, 5) is 2.53. The molecule has 0 spiro atoms. The molecule has 1 atom stereocenters. The van der Waals surface area contributed by atoms with Crippen LogP contribution in [0.15, 0.2) is 12.7 Å². The minimum Gasteiger partial charge on any atom is -0.315 e. The lowest BCUT2D eigenvalue weighted by Gasteiger charge is -2.41. The van der Waals surface area contributed by atoms with Crippen LogP contribution in [0.3, 0.4) is 0 Å². The van der Waals surface area contributed by atoms with Gasteiger partial charge in [-0.3, -0.25) is 4.90 Å². The van der Waals surface area contributed by atoms with Crippen LogP contribution in [0.4, 0.5) is 0 Å². The number of rotatable bonds is 8. The zero-order chi connectivity index (χ0) is 12.6. The summed E-state index contributed by atoms with van der Waals surface area (Å²) >= 11 is 0. The van der Waals surface area contributed by atoms with Crippen LogP contribution in [0, 0.1) is 0 Å². The first-order valence-electron chi connectivity index (χ1n) is 6.55. The molecule has 0 aliphatic rings. The highest BCUT2D eigenvalue weighted by Gasteiger charge is 2.26. The Labute approximate surface area is 102 Å². The van der Waals surface area contributed by atoms with Crippen LogP contribution >= 0.6 is 0 Å². The van der Waals surface area contributed by atoms with Gasteiger partial charge in [0.15, 0.2) is 0 Å². The summed E-state index contributed by atoms with van der Waals surface area (Å²) < 4.78 is 0. The Morgan fingerprint density at radius 2 is 1.94 bits per heavy atom. The van der Waals surface area contributed by atoms with Gasteiger partial charge in [-0.05, 0) is 40.2 Å². The molecule has 96 valence electrons. The van der Waals surface area contributed by atoms with E-state index in [-0.39, 0.29) is 5.54 Å². The van der Waals surface area contributed by atoms with Crippen LogP contribution in [0.25, 0.3) is 0 Å². The number of nitrogens with one attached hydrogen (secondary N) is 1. The van der Waals surface area contributed by atoms with Crippen molar-refractivity contribution in [3.63, 3.8) is 0 Å². The first-order chi connectivity index (χ1) is 7.47. The quantitative estimate of drug-likeness (QED) is 0.505. The van der Waals surface area contributed by atoms with E-state index < -0.39 is 0 Å². The third-order valence-corrected chi connectivity index (χ3v) is 2.91. The predicted molar refractivity (Wildman–Crippen MR) is 73.9 cm³/mol. The lowest BCUT2D eigenvalue weighted by molar-refractivity contribution is 0.0930. The van der Waals surface area contributed by atoms with Gasteiger partial charge in [0.05, 0.1) is 0 Å². The molecule has 0 aromatic carbocycles. The maximum Gasteiger partial charge on any atom is 0.0226 e. The molecule has 2 heteroatoms. The molecule has 0 aliphatic heterocycles. The second kappa shape index (κ2) is 7.86. The van der Waals surface area contributed by atoms with Gasteiger partial charge in [-0.25, -0.2) is 0 Å². The Bertz CT molecular complexity index is 182. The van der Waals surface area contributed by atoms with Gasteiger partial charge in [-0.2, -0.15) is 0 Å². The summed E-state index contributed by atoms with van der Waals surface area (Å²) in [6.07, 6.45) is 4.39. The molecule has 0 saturated heterocycles. The van der Waals surface area contributed by atoms with E-state index in [4.69, 9.17) is 0 Å². The second-order valence-electron chi connectivity index (χ2n) is 5.38. The van der Waals surface area contributed by atoms with Crippen molar-refractivity contribution >= 4 is 0 Å². The van der Waals surface area contributed by atoms with Crippen molar-refractivity contribution in [1.29, 1.82) is 0 Å². The molecule has 0 saturated carbocycles. The molecule has 16 heavy (non-hydrogen) atoms. The molecule has 0 radical (unpaired) electrons. The van der Waals surface area contributed by atoms with Crippen molar-refractivity contribution in [1.82, 2.24) is 10.2 Å². The summed E-state index contributed by atoms with van der Waals surface area (Å²) in [5, 5.41) is 3.52. The number of nitrogens with zero attached hydrogens (tertiary/aromatic N) is 1. The summed E-state index contributed by atoms with van der Waals surface area (Å²) in [7, 11) is 0. The zero-order valence-electron chi connectivity index (χ0n) is 11.8. The smallest absolute Gasteiger partial charge is 0.0226 e. The van der Waals surface area contributed by atoms with Crippen LogP contribution in [-0.2, 0) is 0 Å². The first-order valence-corrected chi connectivity index (χ1v) is 6.55. The minimum absolute atomic E-state index is 0.211. The molecule has 0 fully saturated rings. The maximum absolute atomic E-state index is 3.87. The van der Waals surface area contributed by atoms with E-state index in [0.29, 0.717) is 6.04 Å². The third kappa shape index (κ3) is 5.66. The topological polar surface area (TPSA) is 15.3 Å². The third-order valence-electron chi connectivity index (χ3n) is 2.91. The first kappa shape index (κ1) is 15.7. The van der Waals surface area contributed by atoms with Crippen LogP contribution < -0.4 is 5.32 Å². The van der Waals surface area contributed by atoms with Gasteiger partial charge in [-0.1, -0.05) is 19.9 Å². The van der Waals surface area contributed by atoms with Crippen molar-refractivity contribution in [3.8, 4) is 0 Å². The van der Waals surface area contributed by atoms with Gasteiger partial charge in [0.25, 0.3) is 0 Å². The molecule has 0 aromatic heterocycles. The van der Waals surface area contributed by atoms with Gasteiger partial charge in [0.2, 0.25) is 0 Å².